The molecule has 3 nitrogen and oxygen atoms in total. The number of hydrogen-bond donors (Lipinski definition) is 2. The molecule has 3 heteroatoms. The number of nitrogens with zero attached hydrogens (tertiary/aromatic N) is 1. The first-order valence-corrected chi connectivity index (χ1v) is 6.74. The van der Waals surface area contributed by atoms with Gasteiger partial charge in [-0.1, -0.05) is 6.07 Å². The van der Waals surface area contributed by atoms with Gasteiger partial charge < -0.3 is 10.4 Å². The maximum absolute atomic E-state index is 9.58. The van der Waals surface area contributed by atoms with Crippen molar-refractivity contribution in [3.63, 3.8) is 0 Å². The number of phenols is 1. The largest absolute Gasteiger partial charge is 0.508 e. The molecule has 1 unspecified atom stereocenters. The van der Waals surface area contributed by atoms with Gasteiger partial charge in [0.05, 0.1) is 17.4 Å². The Morgan fingerprint density at radius 3 is 3.05 bits per heavy atom. The van der Waals surface area contributed by atoms with Crippen molar-refractivity contribution in [1.29, 1.82) is 0 Å². The number of anilines is 1. The molecule has 1 aliphatic rings. The van der Waals surface area contributed by atoms with E-state index < -0.39 is 0 Å². The highest BCUT2D eigenvalue weighted by molar-refractivity contribution is 5.50. The fraction of sp³-hybridized carbons (Fsp3) is 0.312. The Morgan fingerprint density at radius 1 is 1.32 bits per heavy atom. The lowest BCUT2D eigenvalue weighted by atomic mass is 9.87. The Kier molecular flexibility index (Phi) is 3.11. The van der Waals surface area contributed by atoms with Crippen molar-refractivity contribution in [1.82, 2.24) is 4.98 Å². The van der Waals surface area contributed by atoms with E-state index in [1.54, 1.807) is 6.07 Å². The highest BCUT2D eigenvalue weighted by Crippen LogP contribution is 2.34. The summed E-state index contributed by atoms with van der Waals surface area (Å²) in [5.74, 6) is 0.358. The van der Waals surface area contributed by atoms with E-state index in [0.29, 0.717) is 11.8 Å². The molecule has 1 aromatic carbocycles. The minimum Gasteiger partial charge on any atom is -0.508 e. The summed E-state index contributed by atoms with van der Waals surface area (Å²) in [6.07, 6.45) is 5.13. The SMILES string of the molecule is Cc1ncccc1NC1CCCc2cc(O)ccc21. The smallest absolute Gasteiger partial charge is 0.115 e. The molecule has 1 aliphatic carbocycles. The number of rotatable bonds is 2. The van der Waals surface area contributed by atoms with E-state index in [2.05, 4.69) is 16.4 Å². The van der Waals surface area contributed by atoms with E-state index in [-0.39, 0.29) is 0 Å². The number of aryl methyl sites for hydroxylation is 2. The normalized spacial score (nSPS) is 17.8. The highest BCUT2D eigenvalue weighted by atomic mass is 16.3. The van der Waals surface area contributed by atoms with Crippen LogP contribution >= 0.6 is 0 Å². The molecular formula is C16H18N2O. The molecule has 0 spiro atoms. The predicted molar refractivity (Wildman–Crippen MR) is 76.4 cm³/mol. The number of phenolic OH excluding ortho intramolecular Hbond substituents is 1. The molecule has 98 valence electrons. The Balaban J connectivity index is 1.90. The van der Waals surface area contributed by atoms with Crippen molar-refractivity contribution in [3.05, 3.63) is 53.3 Å². The molecule has 0 saturated carbocycles. The van der Waals surface area contributed by atoms with E-state index in [1.807, 2.05) is 31.3 Å². The van der Waals surface area contributed by atoms with E-state index >= 15 is 0 Å². The molecule has 2 N–H and O–H groups in total. The van der Waals surface area contributed by atoms with Crippen LogP contribution in [0.1, 0.15) is 35.7 Å². The van der Waals surface area contributed by atoms with Crippen molar-refractivity contribution in [2.75, 3.05) is 5.32 Å². The average Bonchev–Trinajstić information content (AvgIpc) is 2.41. The standard InChI is InChI=1S/C16H18N2O/c1-11-15(6-3-9-17-11)18-16-5-2-4-12-10-13(19)7-8-14(12)16/h3,6-10,16,18-19H,2,4-5H2,1H3. The zero-order valence-corrected chi connectivity index (χ0v) is 11.1. The average molecular weight is 254 g/mol. The van der Waals surface area contributed by atoms with E-state index in [4.69, 9.17) is 0 Å². The second-order valence-electron chi connectivity index (χ2n) is 5.11. The number of aromatic hydroxyl groups is 1. The van der Waals surface area contributed by atoms with Gasteiger partial charge in [0.1, 0.15) is 5.75 Å². The zero-order chi connectivity index (χ0) is 13.2. The van der Waals surface area contributed by atoms with Crippen LogP contribution < -0.4 is 5.32 Å². The molecule has 0 radical (unpaired) electrons. The number of hydrogen-bond acceptors (Lipinski definition) is 3. The maximum atomic E-state index is 9.58. The Hall–Kier alpha value is -2.03. The summed E-state index contributed by atoms with van der Waals surface area (Å²) < 4.78 is 0. The van der Waals surface area contributed by atoms with Crippen molar-refractivity contribution in [2.24, 2.45) is 0 Å². The molecule has 1 aromatic heterocycles. The quantitative estimate of drug-likeness (QED) is 0.861. The Labute approximate surface area is 113 Å². The third kappa shape index (κ3) is 2.41. The third-order valence-electron chi connectivity index (χ3n) is 3.78. The zero-order valence-electron chi connectivity index (χ0n) is 11.1. The van der Waals surface area contributed by atoms with Crippen LogP contribution in [0.4, 0.5) is 5.69 Å². The number of pyridine rings is 1. The number of nitrogens with one attached hydrogen (secondary N) is 1. The van der Waals surface area contributed by atoms with Crippen molar-refractivity contribution >= 4 is 5.69 Å². The fourth-order valence-electron chi connectivity index (χ4n) is 2.78. The lowest BCUT2D eigenvalue weighted by Crippen LogP contribution is -2.17. The van der Waals surface area contributed by atoms with Gasteiger partial charge in [0.2, 0.25) is 0 Å². The summed E-state index contributed by atoms with van der Waals surface area (Å²) in [6, 6.07) is 10.0. The molecule has 2 aromatic rings. The summed E-state index contributed by atoms with van der Waals surface area (Å²) in [6.45, 7) is 2.02. The molecule has 0 bridgehead atoms. The lowest BCUT2D eigenvalue weighted by Gasteiger charge is -2.27. The number of fused-ring (bicyclic) bond motifs is 1. The molecule has 0 aliphatic heterocycles. The van der Waals surface area contributed by atoms with Gasteiger partial charge in [0, 0.05) is 6.20 Å². The second kappa shape index (κ2) is 4.92. The molecule has 1 atom stereocenters. The van der Waals surface area contributed by atoms with Crippen LogP contribution in [0.3, 0.4) is 0 Å². The van der Waals surface area contributed by atoms with Gasteiger partial charge in [-0.05, 0) is 61.6 Å². The van der Waals surface area contributed by atoms with Gasteiger partial charge in [0.15, 0.2) is 0 Å². The minimum absolute atomic E-state index is 0.312. The van der Waals surface area contributed by atoms with E-state index in [0.717, 1.165) is 30.6 Å². The van der Waals surface area contributed by atoms with Crippen molar-refractivity contribution < 1.29 is 5.11 Å². The molecule has 0 amide bonds. The third-order valence-corrected chi connectivity index (χ3v) is 3.78. The minimum atomic E-state index is 0.312. The van der Waals surface area contributed by atoms with Gasteiger partial charge >= 0.3 is 0 Å². The van der Waals surface area contributed by atoms with Crippen molar-refractivity contribution in [3.8, 4) is 5.75 Å². The number of benzene rings is 1. The van der Waals surface area contributed by atoms with Crippen LogP contribution in [0.2, 0.25) is 0 Å². The first kappa shape index (κ1) is 12.0. The van der Waals surface area contributed by atoms with Crippen molar-refractivity contribution in [2.45, 2.75) is 32.2 Å². The van der Waals surface area contributed by atoms with Crippen LogP contribution in [0.5, 0.6) is 5.75 Å². The maximum Gasteiger partial charge on any atom is 0.115 e. The van der Waals surface area contributed by atoms with Crippen LogP contribution in [0, 0.1) is 6.92 Å². The summed E-state index contributed by atoms with van der Waals surface area (Å²) in [5.41, 5.74) is 4.67. The lowest BCUT2D eigenvalue weighted by molar-refractivity contribution is 0.472. The monoisotopic (exact) mass is 254 g/mol. The molecule has 0 fully saturated rings. The topological polar surface area (TPSA) is 45.2 Å². The van der Waals surface area contributed by atoms with Crippen LogP contribution in [0.25, 0.3) is 0 Å². The predicted octanol–water partition coefficient (Wildman–Crippen LogP) is 3.59. The molecule has 19 heavy (non-hydrogen) atoms. The van der Waals surface area contributed by atoms with Gasteiger partial charge in [-0.3, -0.25) is 4.98 Å². The van der Waals surface area contributed by atoms with E-state index in [1.165, 1.54) is 11.1 Å². The molecular weight excluding hydrogens is 236 g/mol. The fourth-order valence-corrected chi connectivity index (χ4v) is 2.78. The summed E-state index contributed by atoms with van der Waals surface area (Å²) in [4.78, 5) is 4.31. The van der Waals surface area contributed by atoms with Gasteiger partial charge in [0.25, 0.3) is 0 Å². The molecule has 3 rings (SSSR count). The van der Waals surface area contributed by atoms with Gasteiger partial charge in [-0.15, -0.1) is 0 Å². The summed E-state index contributed by atoms with van der Waals surface area (Å²) in [5, 5.41) is 13.2. The van der Waals surface area contributed by atoms with Crippen LogP contribution in [-0.4, -0.2) is 10.1 Å². The summed E-state index contributed by atoms with van der Waals surface area (Å²) in [7, 11) is 0. The van der Waals surface area contributed by atoms with Crippen LogP contribution in [0.15, 0.2) is 36.5 Å². The second-order valence-corrected chi connectivity index (χ2v) is 5.11. The molecule has 0 saturated heterocycles. The van der Waals surface area contributed by atoms with Gasteiger partial charge in [-0.25, -0.2) is 0 Å². The van der Waals surface area contributed by atoms with Crippen LogP contribution in [-0.2, 0) is 6.42 Å². The van der Waals surface area contributed by atoms with E-state index in [9.17, 15) is 5.11 Å². The Bertz CT molecular complexity index is 595. The molecule has 1 heterocycles. The first-order valence-electron chi connectivity index (χ1n) is 6.74. The Morgan fingerprint density at radius 2 is 2.21 bits per heavy atom. The summed E-state index contributed by atoms with van der Waals surface area (Å²) >= 11 is 0. The first-order chi connectivity index (χ1) is 9.24. The van der Waals surface area contributed by atoms with Gasteiger partial charge in [-0.2, -0.15) is 0 Å². The number of aromatic nitrogens is 1. The highest BCUT2D eigenvalue weighted by Gasteiger charge is 2.20.